The molecule has 80 valence electrons. The molecule has 0 heterocycles. The molecule has 1 rings (SSSR count). The van der Waals surface area contributed by atoms with Crippen LogP contribution < -0.4 is 0 Å². The highest BCUT2D eigenvalue weighted by atomic mass is 79.9. The van der Waals surface area contributed by atoms with E-state index in [0.29, 0.717) is 5.56 Å². The molecule has 14 heavy (non-hydrogen) atoms. The number of rotatable bonds is 2. The van der Waals surface area contributed by atoms with Gasteiger partial charge in [-0.3, -0.25) is 4.55 Å². The molecule has 1 atom stereocenters. The van der Waals surface area contributed by atoms with Gasteiger partial charge in [0.1, 0.15) is 5.25 Å². The Hall–Kier alpha value is -0.100. The Morgan fingerprint density at radius 1 is 1.29 bits per heavy atom. The predicted molar refractivity (Wildman–Crippen MR) is 61.4 cm³/mol. The number of halogens is 2. The van der Waals surface area contributed by atoms with Crippen LogP contribution in [0.3, 0.4) is 0 Å². The maximum Gasteiger partial charge on any atom is 0.271 e. The average molecular weight is 302 g/mol. The van der Waals surface area contributed by atoms with Gasteiger partial charge in [0.15, 0.2) is 0 Å². The molecule has 3 nitrogen and oxygen atoms in total. The highest BCUT2D eigenvalue weighted by Crippen LogP contribution is 2.22. The second-order valence-electron chi connectivity index (χ2n) is 2.71. The molecule has 0 fully saturated rings. The van der Waals surface area contributed by atoms with Crippen LogP contribution in [0.2, 0.25) is 0 Å². The standard InChI is InChI=1S/C8H9BrO3S.ClH/c1-6(13(10,11)12)7-2-4-8(9)5-3-7;/h2-6H,1H3,(H,10,11,12);1H. The molecule has 1 unspecified atom stereocenters. The van der Waals surface area contributed by atoms with E-state index in [2.05, 4.69) is 15.9 Å². The van der Waals surface area contributed by atoms with Crippen molar-refractivity contribution in [2.24, 2.45) is 0 Å². The van der Waals surface area contributed by atoms with Gasteiger partial charge in [-0.15, -0.1) is 12.4 Å². The molecule has 1 aromatic rings. The molecule has 0 amide bonds. The normalized spacial score (nSPS) is 13.1. The minimum absolute atomic E-state index is 0. The lowest BCUT2D eigenvalue weighted by atomic mass is 10.2. The molecule has 0 aromatic heterocycles. The van der Waals surface area contributed by atoms with Crippen LogP contribution in [0.4, 0.5) is 0 Å². The van der Waals surface area contributed by atoms with Crippen LogP contribution in [0, 0.1) is 0 Å². The molecule has 0 saturated carbocycles. The smallest absolute Gasteiger partial charge is 0.271 e. The summed E-state index contributed by atoms with van der Waals surface area (Å²) in [7, 11) is -3.98. The zero-order valence-electron chi connectivity index (χ0n) is 7.34. The third-order valence-electron chi connectivity index (χ3n) is 1.79. The van der Waals surface area contributed by atoms with Crippen LogP contribution in [0.1, 0.15) is 17.7 Å². The minimum atomic E-state index is -3.98. The zero-order valence-corrected chi connectivity index (χ0v) is 10.6. The van der Waals surface area contributed by atoms with Gasteiger partial charge in [0, 0.05) is 4.47 Å². The van der Waals surface area contributed by atoms with Crippen molar-refractivity contribution in [2.45, 2.75) is 12.2 Å². The van der Waals surface area contributed by atoms with Crippen LogP contribution in [-0.2, 0) is 10.1 Å². The van der Waals surface area contributed by atoms with Crippen molar-refractivity contribution in [3.63, 3.8) is 0 Å². The van der Waals surface area contributed by atoms with Gasteiger partial charge in [-0.2, -0.15) is 8.42 Å². The Kier molecular flexibility index (Phi) is 5.08. The van der Waals surface area contributed by atoms with Gasteiger partial charge >= 0.3 is 0 Å². The topological polar surface area (TPSA) is 54.4 Å². The Morgan fingerprint density at radius 2 is 1.71 bits per heavy atom. The molecule has 6 heteroatoms. The quantitative estimate of drug-likeness (QED) is 0.855. The second kappa shape index (κ2) is 5.11. The van der Waals surface area contributed by atoms with E-state index in [1.54, 1.807) is 24.3 Å². The highest BCUT2D eigenvalue weighted by molar-refractivity contribution is 9.10. The third-order valence-corrected chi connectivity index (χ3v) is 3.48. The zero-order chi connectivity index (χ0) is 10.1. The van der Waals surface area contributed by atoms with Crippen molar-refractivity contribution in [1.82, 2.24) is 0 Å². The summed E-state index contributed by atoms with van der Waals surface area (Å²) in [5, 5.41) is -0.874. The fraction of sp³-hybridized carbons (Fsp3) is 0.250. The van der Waals surface area contributed by atoms with Crippen molar-refractivity contribution >= 4 is 38.5 Å². The monoisotopic (exact) mass is 300 g/mol. The van der Waals surface area contributed by atoms with Gasteiger partial charge in [-0.1, -0.05) is 28.1 Å². The fourth-order valence-corrected chi connectivity index (χ4v) is 1.67. The van der Waals surface area contributed by atoms with E-state index < -0.39 is 15.4 Å². The van der Waals surface area contributed by atoms with Gasteiger partial charge in [-0.25, -0.2) is 0 Å². The molecule has 0 radical (unpaired) electrons. The van der Waals surface area contributed by atoms with E-state index in [1.165, 1.54) is 6.92 Å². The van der Waals surface area contributed by atoms with Crippen molar-refractivity contribution in [2.75, 3.05) is 0 Å². The first-order chi connectivity index (χ1) is 5.91. The summed E-state index contributed by atoms with van der Waals surface area (Å²) < 4.78 is 31.2. The van der Waals surface area contributed by atoms with Crippen LogP contribution in [-0.4, -0.2) is 13.0 Å². The molecular weight excluding hydrogens is 292 g/mol. The Balaban J connectivity index is 0.00000169. The van der Waals surface area contributed by atoms with Gasteiger partial charge in [0.2, 0.25) is 0 Å². The van der Waals surface area contributed by atoms with Crippen LogP contribution in [0.25, 0.3) is 0 Å². The molecule has 0 spiro atoms. The maximum absolute atomic E-state index is 10.8. The van der Waals surface area contributed by atoms with Gasteiger partial charge < -0.3 is 0 Å². The van der Waals surface area contributed by atoms with E-state index in [-0.39, 0.29) is 12.4 Å². The fourth-order valence-electron chi connectivity index (χ4n) is 0.906. The lowest BCUT2D eigenvalue weighted by molar-refractivity contribution is 0.472. The summed E-state index contributed by atoms with van der Waals surface area (Å²) >= 11 is 3.23. The molecule has 0 aliphatic heterocycles. The minimum Gasteiger partial charge on any atom is -0.285 e. The predicted octanol–water partition coefficient (Wildman–Crippen LogP) is 2.82. The second-order valence-corrected chi connectivity index (χ2v) is 5.36. The van der Waals surface area contributed by atoms with Crippen molar-refractivity contribution in [3.05, 3.63) is 34.3 Å². The van der Waals surface area contributed by atoms with Crippen LogP contribution in [0.15, 0.2) is 28.7 Å². The van der Waals surface area contributed by atoms with Crippen molar-refractivity contribution in [1.29, 1.82) is 0 Å². The lowest BCUT2D eigenvalue weighted by Crippen LogP contribution is -2.07. The summed E-state index contributed by atoms with van der Waals surface area (Å²) in [6.07, 6.45) is 0. The van der Waals surface area contributed by atoms with E-state index in [4.69, 9.17) is 4.55 Å². The Morgan fingerprint density at radius 3 is 2.07 bits per heavy atom. The molecule has 1 aromatic carbocycles. The van der Waals surface area contributed by atoms with E-state index in [1.807, 2.05) is 0 Å². The molecule has 0 bridgehead atoms. The lowest BCUT2D eigenvalue weighted by Gasteiger charge is -2.07. The Bertz CT molecular complexity index is 388. The summed E-state index contributed by atoms with van der Waals surface area (Å²) in [5.74, 6) is 0. The van der Waals surface area contributed by atoms with Gasteiger partial charge in [-0.05, 0) is 24.6 Å². The summed E-state index contributed by atoms with van der Waals surface area (Å²) in [6.45, 7) is 1.44. The molecule has 0 saturated heterocycles. The first-order valence-electron chi connectivity index (χ1n) is 3.63. The number of hydrogen-bond acceptors (Lipinski definition) is 2. The van der Waals surface area contributed by atoms with E-state index in [0.717, 1.165) is 4.47 Å². The maximum atomic E-state index is 10.8. The van der Waals surface area contributed by atoms with Gasteiger partial charge in [0.05, 0.1) is 0 Å². The number of benzene rings is 1. The summed E-state index contributed by atoms with van der Waals surface area (Å²) in [5.41, 5.74) is 0.575. The number of hydrogen-bond donors (Lipinski definition) is 1. The summed E-state index contributed by atoms with van der Waals surface area (Å²) in [6, 6.07) is 6.78. The van der Waals surface area contributed by atoms with E-state index >= 15 is 0 Å². The molecular formula is C8H10BrClO3S. The van der Waals surface area contributed by atoms with Crippen LogP contribution >= 0.6 is 28.3 Å². The highest BCUT2D eigenvalue weighted by Gasteiger charge is 2.18. The summed E-state index contributed by atoms with van der Waals surface area (Å²) in [4.78, 5) is 0. The average Bonchev–Trinajstić information content (AvgIpc) is 2.03. The first kappa shape index (κ1) is 13.9. The van der Waals surface area contributed by atoms with Crippen LogP contribution in [0.5, 0.6) is 0 Å². The Labute approximate surface area is 97.8 Å². The van der Waals surface area contributed by atoms with Gasteiger partial charge in [0.25, 0.3) is 10.1 Å². The van der Waals surface area contributed by atoms with Crippen molar-refractivity contribution < 1.29 is 13.0 Å². The SMILES string of the molecule is CC(c1ccc(Br)cc1)S(=O)(=O)O.Cl. The first-order valence-corrected chi connectivity index (χ1v) is 5.92. The largest absolute Gasteiger partial charge is 0.285 e. The van der Waals surface area contributed by atoms with Crippen molar-refractivity contribution in [3.8, 4) is 0 Å². The van der Waals surface area contributed by atoms with E-state index in [9.17, 15) is 8.42 Å². The molecule has 0 aliphatic rings. The molecule has 1 N–H and O–H groups in total. The third kappa shape index (κ3) is 3.57. The molecule has 0 aliphatic carbocycles.